The van der Waals surface area contributed by atoms with Gasteiger partial charge >= 0.3 is 5.97 Å². The van der Waals surface area contributed by atoms with E-state index in [1.807, 2.05) is 38.1 Å². The molecule has 3 rings (SSSR count). The zero-order valence-electron chi connectivity index (χ0n) is 19.5. The molecule has 32 heavy (non-hydrogen) atoms. The molecule has 170 valence electrons. The predicted molar refractivity (Wildman–Crippen MR) is 132 cm³/mol. The number of hydrogen-bond acceptors (Lipinski definition) is 7. The molecule has 0 bridgehead atoms. The van der Waals surface area contributed by atoms with Crippen molar-refractivity contribution in [1.29, 1.82) is 10.8 Å². The van der Waals surface area contributed by atoms with Gasteiger partial charge in [-0.3, -0.25) is 15.6 Å². The highest BCUT2D eigenvalue weighted by Crippen LogP contribution is 2.32. The summed E-state index contributed by atoms with van der Waals surface area (Å²) in [6.45, 7) is 11.3. The van der Waals surface area contributed by atoms with Crippen LogP contribution < -0.4 is 0 Å². The van der Waals surface area contributed by atoms with Crippen LogP contribution in [0.4, 0.5) is 0 Å². The molecular weight excluding hydrogens is 422 g/mol. The third kappa shape index (κ3) is 7.27. The lowest BCUT2D eigenvalue weighted by molar-refractivity contribution is -0.153. The number of nitrogens with one attached hydrogen (secondary N) is 2. The largest absolute Gasteiger partial charge is 0.460 e. The molecule has 0 saturated heterocycles. The predicted octanol–water partition coefficient (Wildman–Crippen LogP) is 6.54. The average Bonchev–Trinajstić information content (AvgIpc) is 3.09. The number of thiazole rings is 1. The van der Waals surface area contributed by atoms with E-state index in [1.165, 1.54) is 16.9 Å². The lowest BCUT2D eigenvalue weighted by Gasteiger charge is -2.19. The molecule has 3 aromatic rings. The zero-order valence-corrected chi connectivity index (χ0v) is 20.4. The van der Waals surface area contributed by atoms with Gasteiger partial charge < -0.3 is 9.47 Å². The zero-order chi connectivity index (χ0) is 23.9. The van der Waals surface area contributed by atoms with Gasteiger partial charge in [0.2, 0.25) is 0 Å². The Hall–Kier alpha value is -3.06. The van der Waals surface area contributed by atoms with Crippen LogP contribution in [0.1, 0.15) is 51.6 Å². The lowest BCUT2D eigenvalue weighted by atomic mass is 10.0. The van der Waals surface area contributed by atoms with Gasteiger partial charge in [-0.15, -0.1) is 11.3 Å². The number of carbonyl (C=O) groups is 1. The molecule has 7 heteroatoms. The highest BCUT2D eigenvalue weighted by Gasteiger charge is 2.19. The Balaban J connectivity index is 0.00000176. The van der Waals surface area contributed by atoms with E-state index in [0.717, 1.165) is 26.4 Å². The Kier molecular flexibility index (Phi) is 8.66. The first kappa shape index (κ1) is 25.2. The average molecular weight is 454 g/mol. The molecule has 0 atom stereocenters. The number of ether oxygens (including phenoxy) is 2. The SMILES string of the molecule is CC.Cc1cccc(-c2cccc3sc(CC(=N)OC(=N)CC(=O)OC(C)(C)C)nc23)c1. The number of para-hydroxylation sites is 1. The van der Waals surface area contributed by atoms with Gasteiger partial charge in [0.1, 0.15) is 17.0 Å². The third-order valence-electron chi connectivity index (χ3n) is 4.08. The number of esters is 1. The topological polar surface area (TPSA) is 96.1 Å². The van der Waals surface area contributed by atoms with E-state index >= 15 is 0 Å². The standard InChI is InChI=1S/C23H25N3O3S.C2H6/c1-14-7-5-8-15(11-14)16-9-6-10-17-22(16)26-20(30-17)12-18(24)28-19(25)13-21(27)29-23(2,3)4;1-2/h5-11,24-25H,12-13H2,1-4H3;1-2H3. The number of nitrogens with zero attached hydrogens (tertiary/aromatic N) is 1. The molecule has 6 nitrogen and oxygen atoms in total. The minimum absolute atomic E-state index is 0.125. The van der Waals surface area contributed by atoms with Crippen molar-refractivity contribution in [2.45, 2.75) is 60.0 Å². The van der Waals surface area contributed by atoms with Crippen LogP contribution in [-0.4, -0.2) is 28.3 Å². The first-order valence-electron chi connectivity index (χ1n) is 10.6. The quantitative estimate of drug-likeness (QED) is 0.260. The van der Waals surface area contributed by atoms with E-state index in [2.05, 4.69) is 25.1 Å². The normalized spacial score (nSPS) is 10.8. The number of fused-ring (bicyclic) bond motifs is 1. The Morgan fingerprint density at radius 1 is 1.06 bits per heavy atom. The van der Waals surface area contributed by atoms with Gasteiger partial charge in [0, 0.05) is 5.56 Å². The summed E-state index contributed by atoms with van der Waals surface area (Å²) >= 11 is 1.49. The Bertz CT molecular complexity index is 1110. The van der Waals surface area contributed by atoms with Crippen molar-refractivity contribution >= 4 is 39.3 Å². The summed E-state index contributed by atoms with van der Waals surface area (Å²) in [6.07, 6.45) is -0.152. The maximum absolute atomic E-state index is 11.8. The third-order valence-corrected chi connectivity index (χ3v) is 5.10. The first-order valence-corrected chi connectivity index (χ1v) is 11.4. The van der Waals surface area contributed by atoms with Gasteiger partial charge in [0.05, 0.1) is 16.6 Å². The van der Waals surface area contributed by atoms with Crippen LogP contribution in [-0.2, 0) is 20.7 Å². The fourth-order valence-corrected chi connectivity index (χ4v) is 3.98. The second-order valence-corrected chi connectivity index (χ2v) is 9.13. The lowest BCUT2D eigenvalue weighted by Crippen LogP contribution is -2.26. The van der Waals surface area contributed by atoms with Crippen molar-refractivity contribution in [3.63, 3.8) is 0 Å². The Morgan fingerprint density at radius 2 is 1.75 bits per heavy atom. The number of aryl methyl sites for hydroxylation is 1. The smallest absolute Gasteiger partial charge is 0.315 e. The van der Waals surface area contributed by atoms with Gasteiger partial charge in [-0.25, -0.2) is 4.98 Å². The molecule has 0 fully saturated rings. The van der Waals surface area contributed by atoms with E-state index in [-0.39, 0.29) is 24.6 Å². The summed E-state index contributed by atoms with van der Waals surface area (Å²) in [6, 6.07) is 14.3. The number of hydrogen-bond donors (Lipinski definition) is 2. The van der Waals surface area contributed by atoms with Crippen molar-refractivity contribution in [3.8, 4) is 11.1 Å². The Morgan fingerprint density at radius 3 is 2.41 bits per heavy atom. The van der Waals surface area contributed by atoms with E-state index < -0.39 is 11.6 Å². The Labute approximate surface area is 193 Å². The molecule has 0 aliphatic heterocycles. The molecule has 2 aromatic carbocycles. The van der Waals surface area contributed by atoms with Crippen molar-refractivity contribution in [1.82, 2.24) is 4.98 Å². The second-order valence-electron chi connectivity index (χ2n) is 8.02. The van der Waals surface area contributed by atoms with E-state index in [0.29, 0.717) is 0 Å². The van der Waals surface area contributed by atoms with Crippen molar-refractivity contribution in [2.24, 2.45) is 0 Å². The number of carbonyl (C=O) groups excluding carboxylic acids is 1. The summed E-state index contributed by atoms with van der Waals surface area (Å²) in [4.78, 5) is 16.5. The monoisotopic (exact) mass is 453 g/mol. The van der Waals surface area contributed by atoms with Crippen LogP contribution in [0.15, 0.2) is 42.5 Å². The van der Waals surface area contributed by atoms with E-state index in [9.17, 15) is 4.79 Å². The summed E-state index contributed by atoms with van der Waals surface area (Å²) < 4.78 is 11.4. The van der Waals surface area contributed by atoms with Crippen LogP contribution in [0.5, 0.6) is 0 Å². The van der Waals surface area contributed by atoms with E-state index in [4.69, 9.17) is 25.3 Å². The van der Waals surface area contributed by atoms with Crippen LogP contribution >= 0.6 is 11.3 Å². The molecule has 1 aromatic heterocycles. The number of rotatable bonds is 5. The highest BCUT2D eigenvalue weighted by molar-refractivity contribution is 7.18. The molecule has 0 spiro atoms. The van der Waals surface area contributed by atoms with Gasteiger partial charge in [0.25, 0.3) is 0 Å². The highest BCUT2D eigenvalue weighted by atomic mass is 32.1. The molecule has 0 saturated carbocycles. The number of aromatic nitrogens is 1. The summed E-state index contributed by atoms with van der Waals surface area (Å²) in [5.74, 6) is -0.987. The van der Waals surface area contributed by atoms with E-state index in [1.54, 1.807) is 20.8 Å². The molecule has 1 heterocycles. The molecule has 0 unspecified atom stereocenters. The molecular formula is C25H31N3O3S. The molecule has 2 N–H and O–H groups in total. The van der Waals surface area contributed by atoms with Crippen molar-refractivity contribution < 1.29 is 14.3 Å². The fraction of sp³-hybridized carbons (Fsp3) is 0.360. The fourth-order valence-electron chi connectivity index (χ4n) is 2.98. The van der Waals surface area contributed by atoms with Crippen LogP contribution in [0.3, 0.4) is 0 Å². The summed E-state index contributed by atoms with van der Waals surface area (Å²) in [5.41, 5.74) is 3.59. The van der Waals surface area contributed by atoms with Gasteiger partial charge in [-0.05, 0) is 39.3 Å². The van der Waals surface area contributed by atoms with Crippen LogP contribution in [0.25, 0.3) is 21.3 Å². The first-order chi connectivity index (χ1) is 15.1. The molecule has 0 amide bonds. The van der Waals surface area contributed by atoms with Gasteiger partial charge in [0.15, 0.2) is 11.8 Å². The number of benzene rings is 2. The summed E-state index contributed by atoms with van der Waals surface area (Å²) in [5, 5.41) is 16.6. The molecule has 0 aliphatic carbocycles. The second kappa shape index (κ2) is 11.0. The van der Waals surface area contributed by atoms with Gasteiger partial charge in [-0.1, -0.05) is 55.8 Å². The summed E-state index contributed by atoms with van der Waals surface area (Å²) in [7, 11) is 0. The van der Waals surface area contributed by atoms with Gasteiger partial charge in [-0.2, -0.15) is 0 Å². The molecule has 0 radical (unpaired) electrons. The maximum atomic E-state index is 11.8. The minimum Gasteiger partial charge on any atom is -0.460 e. The van der Waals surface area contributed by atoms with Crippen molar-refractivity contribution in [3.05, 3.63) is 53.0 Å². The maximum Gasteiger partial charge on any atom is 0.315 e. The van der Waals surface area contributed by atoms with Crippen molar-refractivity contribution in [2.75, 3.05) is 0 Å². The van der Waals surface area contributed by atoms with Crippen LogP contribution in [0.2, 0.25) is 0 Å². The molecule has 0 aliphatic rings. The van der Waals surface area contributed by atoms with Crippen LogP contribution in [0, 0.1) is 17.7 Å². The minimum atomic E-state index is -0.624.